The van der Waals surface area contributed by atoms with Crippen LogP contribution in [0, 0.1) is 5.82 Å². The fraction of sp³-hybridized carbons (Fsp3) is 0.600. The van der Waals surface area contributed by atoms with Crippen LogP contribution in [0.3, 0.4) is 0 Å². The van der Waals surface area contributed by atoms with Crippen LogP contribution >= 0.6 is 11.6 Å². The molecule has 1 nitrogen and oxygen atoms in total. The molecule has 18 heavy (non-hydrogen) atoms. The monoisotopic (exact) mass is 272 g/mol. The quantitative estimate of drug-likeness (QED) is 0.678. The Morgan fingerprint density at radius 2 is 1.94 bits per heavy atom. The number of aliphatic hydroxyl groups is 1. The highest BCUT2D eigenvalue weighted by Crippen LogP contribution is 2.18. The fourth-order valence-corrected chi connectivity index (χ4v) is 2.23. The molecule has 102 valence electrons. The third-order valence-electron chi connectivity index (χ3n) is 3.10. The molecule has 1 aromatic rings. The molecular formula is C15H22ClFO. The minimum Gasteiger partial charge on any atom is -0.393 e. The van der Waals surface area contributed by atoms with Gasteiger partial charge in [-0.25, -0.2) is 4.39 Å². The second-order valence-corrected chi connectivity index (χ2v) is 5.23. The fourth-order valence-electron chi connectivity index (χ4n) is 2.04. The van der Waals surface area contributed by atoms with E-state index in [1.54, 1.807) is 6.07 Å². The number of unbranched alkanes of at least 4 members (excludes halogenated alkanes) is 4. The Bertz CT molecular complexity index is 354. The number of halogens is 2. The van der Waals surface area contributed by atoms with Crippen molar-refractivity contribution in [2.24, 2.45) is 0 Å². The summed E-state index contributed by atoms with van der Waals surface area (Å²) in [6.45, 7) is 2.18. The van der Waals surface area contributed by atoms with Gasteiger partial charge in [-0.3, -0.25) is 0 Å². The van der Waals surface area contributed by atoms with Gasteiger partial charge in [-0.15, -0.1) is 0 Å². The van der Waals surface area contributed by atoms with Gasteiger partial charge in [-0.1, -0.05) is 50.6 Å². The van der Waals surface area contributed by atoms with E-state index in [1.807, 2.05) is 0 Å². The Morgan fingerprint density at radius 3 is 2.67 bits per heavy atom. The topological polar surface area (TPSA) is 20.2 Å². The van der Waals surface area contributed by atoms with Crippen LogP contribution in [0.2, 0.25) is 5.02 Å². The van der Waals surface area contributed by atoms with Crippen molar-refractivity contribution in [2.45, 2.75) is 58.0 Å². The van der Waals surface area contributed by atoms with Gasteiger partial charge in [0.25, 0.3) is 0 Å². The Labute approximate surface area is 114 Å². The number of hydrogen-bond donors (Lipinski definition) is 1. The van der Waals surface area contributed by atoms with Crippen LogP contribution in [-0.4, -0.2) is 11.2 Å². The molecule has 0 fully saturated rings. The van der Waals surface area contributed by atoms with E-state index in [4.69, 9.17) is 11.6 Å². The molecular weight excluding hydrogens is 251 g/mol. The first-order valence-corrected chi connectivity index (χ1v) is 7.13. The molecule has 0 saturated carbocycles. The SMILES string of the molecule is CCCCCCCC(O)Cc1cc(Cl)ccc1F. The molecule has 0 spiro atoms. The molecule has 1 atom stereocenters. The zero-order valence-electron chi connectivity index (χ0n) is 11.0. The molecule has 3 heteroatoms. The maximum Gasteiger partial charge on any atom is 0.126 e. The van der Waals surface area contributed by atoms with Crippen molar-refractivity contribution in [2.75, 3.05) is 0 Å². The summed E-state index contributed by atoms with van der Waals surface area (Å²) >= 11 is 5.81. The van der Waals surface area contributed by atoms with Crippen LogP contribution in [0.5, 0.6) is 0 Å². The first-order chi connectivity index (χ1) is 8.63. The summed E-state index contributed by atoms with van der Waals surface area (Å²) in [5.41, 5.74) is 0.503. The highest BCUT2D eigenvalue weighted by atomic mass is 35.5. The van der Waals surface area contributed by atoms with Gasteiger partial charge in [-0.2, -0.15) is 0 Å². The molecule has 0 amide bonds. The van der Waals surface area contributed by atoms with E-state index < -0.39 is 6.10 Å². The van der Waals surface area contributed by atoms with Crippen LogP contribution in [0.25, 0.3) is 0 Å². The average molecular weight is 273 g/mol. The maximum atomic E-state index is 13.4. The lowest BCUT2D eigenvalue weighted by molar-refractivity contribution is 0.159. The van der Waals surface area contributed by atoms with E-state index in [9.17, 15) is 9.50 Å². The minimum absolute atomic E-state index is 0.288. The molecule has 0 radical (unpaired) electrons. The van der Waals surface area contributed by atoms with Gasteiger partial charge in [0.1, 0.15) is 5.82 Å². The Morgan fingerprint density at radius 1 is 1.22 bits per heavy atom. The summed E-state index contributed by atoms with van der Waals surface area (Å²) < 4.78 is 13.4. The predicted octanol–water partition coefficient (Wildman–Crippen LogP) is 4.74. The first kappa shape index (κ1) is 15.5. The van der Waals surface area contributed by atoms with Crippen LogP contribution in [0.15, 0.2) is 18.2 Å². The van der Waals surface area contributed by atoms with Gasteiger partial charge in [-0.05, 0) is 30.2 Å². The van der Waals surface area contributed by atoms with Gasteiger partial charge in [0, 0.05) is 11.4 Å². The van der Waals surface area contributed by atoms with E-state index in [1.165, 1.54) is 31.4 Å². The molecule has 0 bridgehead atoms. The van der Waals surface area contributed by atoms with Gasteiger partial charge < -0.3 is 5.11 Å². The molecule has 1 rings (SSSR count). The highest BCUT2D eigenvalue weighted by molar-refractivity contribution is 6.30. The van der Waals surface area contributed by atoms with Crippen molar-refractivity contribution in [3.8, 4) is 0 Å². The first-order valence-electron chi connectivity index (χ1n) is 6.75. The lowest BCUT2D eigenvalue weighted by atomic mass is 10.0. The summed E-state index contributed by atoms with van der Waals surface area (Å²) in [5, 5.41) is 10.4. The molecule has 0 aliphatic heterocycles. The summed E-state index contributed by atoms with van der Waals surface area (Å²) in [7, 11) is 0. The maximum absolute atomic E-state index is 13.4. The van der Waals surface area contributed by atoms with E-state index in [2.05, 4.69) is 6.92 Å². The number of aliphatic hydroxyl groups excluding tert-OH is 1. The van der Waals surface area contributed by atoms with Crippen molar-refractivity contribution in [1.29, 1.82) is 0 Å². The summed E-state index contributed by atoms with van der Waals surface area (Å²) in [6, 6.07) is 4.47. The van der Waals surface area contributed by atoms with Crippen LogP contribution < -0.4 is 0 Å². The van der Waals surface area contributed by atoms with Gasteiger partial charge in [0.2, 0.25) is 0 Å². The van der Waals surface area contributed by atoms with Crippen molar-refractivity contribution >= 4 is 11.6 Å². The van der Waals surface area contributed by atoms with Crippen LogP contribution in [0.1, 0.15) is 51.0 Å². The molecule has 0 saturated heterocycles. The van der Waals surface area contributed by atoms with E-state index in [-0.39, 0.29) is 5.82 Å². The zero-order chi connectivity index (χ0) is 13.4. The molecule has 1 aromatic carbocycles. The third-order valence-corrected chi connectivity index (χ3v) is 3.34. The van der Waals surface area contributed by atoms with Crippen molar-refractivity contribution in [3.05, 3.63) is 34.6 Å². The number of hydrogen-bond acceptors (Lipinski definition) is 1. The Hall–Kier alpha value is -0.600. The molecule has 1 N–H and O–H groups in total. The molecule has 1 unspecified atom stereocenters. The lowest BCUT2D eigenvalue weighted by Gasteiger charge is -2.11. The van der Waals surface area contributed by atoms with Crippen LogP contribution in [-0.2, 0) is 6.42 Å². The van der Waals surface area contributed by atoms with Gasteiger partial charge in [0.15, 0.2) is 0 Å². The second-order valence-electron chi connectivity index (χ2n) is 4.80. The average Bonchev–Trinajstić information content (AvgIpc) is 2.33. The molecule has 0 aromatic heterocycles. The largest absolute Gasteiger partial charge is 0.393 e. The minimum atomic E-state index is -0.473. The Balaban J connectivity index is 2.30. The summed E-state index contributed by atoms with van der Waals surface area (Å²) in [5.74, 6) is -0.288. The second kappa shape index (κ2) is 8.49. The standard InChI is InChI=1S/C15H22ClFO/c1-2-3-4-5-6-7-14(18)11-12-10-13(16)8-9-15(12)17/h8-10,14,18H,2-7,11H2,1H3. The Kier molecular flexibility index (Phi) is 7.29. The summed E-state index contributed by atoms with van der Waals surface area (Å²) in [4.78, 5) is 0. The third kappa shape index (κ3) is 5.83. The highest BCUT2D eigenvalue weighted by Gasteiger charge is 2.09. The van der Waals surface area contributed by atoms with Gasteiger partial charge >= 0.3 is 0 Å². The van der Waals surface area contributed by atoms with Crippen molar-refractivity contribution in [1.82, 2.24) is 0 Å². The van der Waals surface area contributed by atoms with E-state index >= 15 is 0 Å². The summed E-state index contributed by atoms with van der Waals surface area (Å²) in [6.07, 6.45) is 6.44. The van der Waals surface area contributed by atoms with E-state index in [0.717, 1.165) is 19.3 Å². The number of rotatable bonds is 8. The molecule has 0 aliphatic carbocycles. The molecule has 0 aliphatic rings. The van der Waals surface area contributed by atoms with Crippen molar-refractivity contribution < 1.29 is 9.50 Å². The van der Waals surface area contributed by atoms with Crippen molar-refractivity contribution in [3.63, 3.8) is 0 Å². The predicted molar refractivity (Wildman–Crippen MR) is 74.5 cm³/mol. The number of benzene rings is 1. The lowest BCUT2D eigenvalue weighted by Crippen LogP contribution is -2.11. The van der Waals surface area contributed by atoms with Crippen LogP contribution in [0.4, 0.5) is 4.39 Å². The normalized spacial score (nSPS) is 12.7. The smallest absolute Gasteiger partial charge is 0.126 e. The van der Waals surface area contributed by atoms with Gasteiger partial charge in [0.05, 0.1) is 6.10 Å². The molecule has 0 heterocycles. The zero-order valence-corrected chi connectivity index (χ0v) is 11.7. The van der Waals surface area contributed by atoms with E-state index in [0.29, 0.717) is 17.0 Å².